The van der Waals surface area contributed by atoms with Crippen LogP contribution in [0.1, 0.15) is 23.2 Å². The molecule has 146 valence electrons. The molecule has 3 N–H and O–H groups in total. The molecule has 1 heterocycles. The van der Waals surface area contributed by atoms with Gasteiger partial charge in [-0.15, -0.1) is 12.4 Å². The predicted molar refractivity (Wildman–Crippen MR) is 104 cm³/mol. The normalized spacial score (nSPS) is 16.7. The zero-order chi connectivity index (χ0) is 18.7. The molecule has 0 radical (unpaired) electrons. The van der Waals surface area contributed by atoms with Crippen molar-refractivity contribution in [3.05, 3.63) is 59.9 Å². The quantitative estimate of drug-likeness (QED) is 0.788. The molecule has 0 aliphatic carbocycles. The van der Waals surface area contributed by atoms with Gasteiger partial charge in [0.15, 0.2) is 0 Å². The fraction of sp³-hybridized carbons (Fsp3) is 0.278. The van der Waals surface area contributed by atoms with E-state index in [-0.39, 0.29) is 34.9 Å². The molecule has 2 aromatic carbocycles. The number of amides is 1. The molecule has 1 fully saturated rings. The summed E-state index contributed by atoms with van der Waals surface area (Å²) in [6.07, 6.45) is 1.74. The highest BCUT2D eigenvalue weighted by Crippen LogP contribution is 2.22. The number of rotatable bonds is 5. The summed E-state index contributed by atoms with van der Waals surface area (Å²) >= 11 is 0. The van der Waals surface area contributed by atoms with Crippen LogP contribution >= 0.6 is 12.4 Å². The summed E-state index contributed by atoms with van der Waals surface area (Å²) in [6, 6.07) is 10.9. The Labute approximate surface area is 164 Å². The number of hydrogen-bond donors (Lipinski definition) is 2. The van der Waals surface area contributed by atoms with Crippen molar-refractivity contribution in [2.45, 2.75) is 23.8 Å². The molecule has 0 saturated carbocycles. The Kier molecular flexibility index (Phi) is 6.80. The Morgan fingerprint density at radius 3 is 2.59 bits per heavy atom. The molecule has 3 rings (SSSR count). The molecule has 0 spiro atoms. The molecule has 1 unspecified atom stereocenters. The first-order chi connectivity index (χ1) is 12.4. The topological polar surface area (TPSA) is 92.5 Å². The Morgan fingerprint density at radius 1 is 1.22 bits per heavy atom. The molecule has 1 amide bonds. The molecular formula is C18H21ClFN3O3S. The van der Waals surface area contributed by atoms with Crippen LogP contribution in [-0.2, 0) is 10.0 Å². The van der Waals surface area contributed by atoms with Crippen molar-refractivity contribution in [1.29, 1.82) is 0 Å². The SMILES string of the molecule is Cl.NCC1CCCN1C(=O)c1cccc(S(=O)(=O)Nc2ccc(F)cc2)c1. The number of anilines is 1. The maximum atomic E-state index is 13.0. The van der Waals surface area contributed by atoms with Crippen LogP contribution in [0.4, 0.5) is 10.1 Å². The van der Waals surface area contributed by atoms with Crippen LogP contribution in [0.5, 0.6) is 0 Å². The zero-order valence-electron chi connectivity index (χ0n) is 14.5. The highest BCUT2D eigenvalue weighted by atomic mass is 35.5. The van der Waals surface area contributed by atoms with Crippen LogP contribution in [0.15, 0.2) is 53.4 Å². The van der Waals surface area contributed by atoms with Gasteiger partial charge in [-0.25, -0.2) is 12.8 Å². The van der Waals surface area contributed by atoms with E-state index in [1.165, 1.54) is 30.3 Å². The largest absolute Gasteiger partial charge is 0.334 e. The number of hydrogen-bond acceptors (Lipinski definition) is 4. The van der Waals surface area contributed by atoms with Gasteiger partial charge < -0.3 is 10.6 Å². The smallest absolute Gasteiger partial charge is 0.261 e. The average molecular weight is 414 g/mol. The van der Waals surface area contributed by atoms with E-state index in [2.05, 4.69) is 4.72 Å². The third-order valence-corrected chi connectivity index (χ3v) is 5.78. The van der Waals surface area contributed by atoms with Crippen molar-refractivity contribution < 1.29 is 17.6 Å². The monoisotopic (exact) mass is 413 g/mol. The van der Waals surface area contributed by atoms with Crippen LogP contribution < -0.4 is 10.5 Å². The molecule has 6 nitrogen and oxygen atoms in total. The van der Waals surface area contributed by atoms with Gasteiger partial charge >= 0.3 is 0 Å². The van der Waals surface area contributed by atoms with Crippen molar-refractivity contribution in [2.24, 2.45) is 5.73 Å². The van der Waals surface area contributed by atoms with E-state index >= 15 is 0 Å². The number of benzene rings is 2. The fourth-order valence-electron chi connectivity index (χ4n) is 3.04. The molecule has 9 heteroatoms. The van der Waals surface area contributed by atoms with E-state index in [0.29, 0.717) is 18.7 Å². The van der Waals surface area contributed by atoms with Gasteiger partial charge in [-0.05, 0) is 55.3 Å². The van der Waals surface area contributed by atoms with Gasteiger partial charge in [0, 0.05) is 30.4 Å². The minimum Gasteiger partial charge on any atom is -0.334 e. The number of carbonyl (C=O) groups excluding carboxylic acids is 1. The van der Waals surface area contributed by atoms with E-state index < -0.39 is 15.8 Å². The van der Waals surface area contributed by atoms with Gasteiger partial charge in [0.1, 0.15) is 5.82 Å². The van der Waals surface area contributed by atoms with Gasteiger partial charge in [0.05, 0.1) is 4.90 Å². The first kappa shape index (κ1) is 21.1. The second-order valence-corrected chi connectivity index (χ2v) is 7.85. The first-order valence-electron chi connectivity index (χ1n) is 8.30. The van der Waals surface area contributed by atoms with Gasteiger partial charge in [0.25, 0.3) is 15.9 Å². The predicted octanol–water partition coefficient (Wildman–Crippen LogP) is 2.61. The summed E-state index contributed by atoms with van der Waals surface area (Å²) in [7, 11) is -3.89. The number of carbonyl (C=O) groups is 1. The fourth-order valence-corrected chi connectivity index (χ4v) is 4.15. The molecule has 2 aromatic rings. The molecule has 0 bridgehead atoms. The maximum absolute atomic E-state index is 13.0. The number of nitrogens with two attached hydrogens (primary N) is 1. The second-order valence-electron chi connectivity index (χ2n) is 6.17. The number of nitrogens with one attached hydrogen (secondary N) is 1. The number of nitrogens with zero attached hydrogens (tertiary/aromatic N) is 1. The summed E-state index contributed by atoms with van der Waals surface area (Å²) in [5, 5.41) is 0. The van der Waals surface area contributed by atoms with E-state index in [1.54, 1.807) is 11.0 Å². The Hall–Kier alpha value is -2.16. The van der Waals surface area contributed by atoms with Gasteiger partial charge in [-0.2, -0.15) is 0 Å². The van der Waals surface area contributed by atoms with Gasteiger partial charge in [-0.3, -0.25) is 9.52 Å². The van der Waals surface area contributed by atoms with Gasteiger partial charge in [-0.1, -0.05) is 6.07 Å². The van der Waals surface area contributed by atoms with Crippen molar-refractivity contribution >= 4 is 34.0 Å². The Bertz CT molecular complexity index is 906. The molecule has 27 heavy (non-hydrogen) atoms. The lowest BCUT2D eigenvalue weighted by molar-refractivity contribution is 0.0741. The van der Waals surface area contributed by atoms with Gasteiger partial charge in [0.2, 0.25) is 0 Å². The standard InChI is InChI=1S/C18H20FN3O3S.ClH/c19-14-6-8-15(9-7-14)21-26(24,25)17-5-1-3-13(11-17)18(23)22-10-2-4-16(22)12-20;/h1,3,5-9,11,16,21H,2,4,10,12,20H2;1H. The minimum absolute atomic E-state index is 0. The van der Waals surface area contributed by atoms with E-state index in [4.69, 9.17) is 5.73 Å². The first-order valence-corrected chi connectivity index (χ1v) is 9.78. The maximum Gasteiger partial charge on any atom is 0.261 e. The summed E-state index contributed by atoms with van der Waals surface area (Å²) in [5.74, 6) is -0.683. The van der Waals surface area contributed by atoms with Crippen LogP contribution in [0.25, 0.3) is 0 Å². The highest BCUT2D eigenvalue weighted by Gasteiger charge is 2.29. The molecule has 0 aromatic heterocycles. The van der Waals surface area contributed by atoms with E-state index in [0.717, 1.165) is 25.0 Å². The van der Waals surface area contributed by atoms with Crippen molar-refractivity contribution in [3.63, 3.8) is 0 Å². The summed E-state index contributed by atoms with van der Waals surface area (Å²) in [4.78, 5) is 14.4. The van der Waals surface area contributed by atoms with Crippen molar-refractivity contribution in [1.82, 2.24) is 4.90 Å². The van der Waals surface area contributed by atoms with Crippen molar-refractivity contribution in [2.75, 3.05) is 17.8 Å². The van der Waals surface area contributed by atoms with Crippen molar-refractivity contribution in [3.8, 4) is 0 Å². The van der Waals surface area contributed by atoms with E-state index in [1.807, 2.05) is 0 Å². The van der Waals surface area contributed by atoms with Crippen LogP contribution in [0, 0.1) is 5.82 Å². The van der Waals surface area contributed by atoms with Crippen LogP contribution in [0.2, 0.25) is 0 Å². The number of likely N-dealkylation sites (tertiary alicyclic amines) is 1. The summed E-state index contributed by atoms with van der Waals surface area (Å²) in [6.45, 7) is 1.00. The summed E-state index contributed by atoms with van der Waals surface area (Å²) < 4.78 is 40.4. The number of halogens is 2. The molecular weight excluding hydrogens is 393 g/mol. The lowest BCUT2D eigenvalue weighted by atomic mass is 10.1. The van der Waals surface area contributed by atoms with E-state index in [9.17, 15) is 17.6 Å². The molecule has 1 aliphatic heterocycles. The third kappa shape index (κ3) is 4.77. The molecule has 1 aliphatic rings. The minimum atomic E-state index is -3.89. The van der Waals surface area contributed by atoms with Crippen LogP contribution in [-0.4, -0.2) is 38.4 Å². The zero-order valence-corrected chi connectivity index (χ0v) is 16.1. The third-order valence-electron chi connectivity index (χ3n) is 4.40. The lowest BCUT2D eigenvalue weighted by Gasteiger charge is -2.23. The molecule has 1 saturated heterocycles. The lowest BCUT2D eigenvalue weighted by Crippen LogP contribution is -2.39. The Balaban J connectivity index is 0.00000261. The summed E-state index contributed by atoms with van der Waals surface area (Å²) in [5.41, 5.74) is 6.25. The number of sulfonamides is 1. The molecule has 1 atom stereocenters. The highest BCUT2D eigenvalue weighted by molar-refractivity contribution is 7.92. The van der Waals surface area contributed by atoms with Crippen LogP contribution in [0.3, 0.4) is 0 Å². The Morgan fingerprint density at radius 2 is 1.93 bits per heavy atom. The average Bonchev–Trinajstić information content (AvgIpc) is 3.12. The second kappa shape index (κ2) is 8.69.